The monoisotopic (exact) mass is 549 g/mol. The van der Waals surface area contributed by atoms with E-state index in [-0.39, 0.29) is 0 Å². The summed E-state index contributed by atoms with van der Waals surface area (Å²) >= 11 is 0. The first-order chi connectivity index (χ1) is 21.3. The van der Waals surface area contributed by atoms with Crippen LogP contribution in [0.3, 0.4) is 0 Å². The lowest BCUT2D eigenvalue weighted by Crippen LogP contribution is -2.28. The molecule has 0 fully saturated rings. The van der Waals surface area contributed by atoms with Gasteiger partial charge in [0.25, 0.3) is 0 Å². The first-order valence-corrected chi connectivity index (χ1v) is 14.8. The van der Waals surface area contributed by atoms with E-state index in [4.69, 9.17) is 4.42 Å². The first kappa shape index (κ1) is 24.0. The maximum Gasteiger partial charge on any atom is 0.158 e. The molecule has 0 bridgehead atoms. The van der Waals surface area contributed by atoms with Gasteiger partial charge in [0.1, 0.15) is 5.58 Å². The number of hydrogen-bond donors (Lipinski definition) is 1. The smallest absolute Gasteiger partial charge is 0.158 e. The first-order valence-electron chi connectivity index (χ1n) is 14.8. The van der Waals surface area contributed by atoms with Crippen LogP contribution in [0.15, 0.2) is 162 Å². The van der Waals surface area contributed by atoms with Crippen molar-refractivity contribution in [2.24, 2.45) is 0 Å². The number of hydrogen-bond acceptors (Lipinski definition) is 2. The minimum atomic E-state index is -0.434. The van der Waals surface area contributed by atoms with Gasteiger partial charge < -0.3 is 9.73 Å². The minimum Gasteiger partial charge on any atom is -0.454 e. The van der Waals surface area contributed by atoms with Gasteiger partial charge in [-0.2, -0.15) is 0 Å². The summed E-state index contributed by atoms with van der Waals surface area (Å²) < 4.78 is 6.52. The number of benzene rings is 7. The summed E-state index contributed by atoms with van der Waals surface area (Å²) in [5.74, 6) is 0. The van der Waals surface area contributed by atoms with Crippen molar-refractivity contribution < 1.29 is 4.42 Å². The Morgan fingerprint density at radius 3 is 1.98 bits per heavy atom. The van der Waals surface area contributed by atoms with Gasteiger partial charge in [0.15, 0.2) is 5.58 Å². The topological polar surface area (TPSA) is 25.2 Å². The zero-order chi connectivity index (χ0) is 28.4. The molecule has 0 spiro atoms. The molecule has 7 aromatic carbocycles. The molecule has 0 saturated carbocycles. The maximum absolute atomic E-state index is 6.52. The standard InChI is InChI=1S/C41H27NO/c1-3-13-28(14-4-1)41(29-15-5-2-6-16-29)35-20-10-9-18-32(35)33-24-23-30(26-36(33)41)42-37-21-11-19-34-39-31-17-8-7-12-27(31)22-25-38(39)43-40(34)37/h1-26,42H. The third-order valence-corrected chi connectivity index (χ3v) is 9.12. The Bertz CT molecular complexity index is 2280. The van der Waals surface area contributed by atoms with Gasteiger partial charge in [-0.3, -0.25) is 0 Å². The van der Waals surface area contributed by atoms with E-state index in [9.17, 15) is 0 Å². The molecule has 1 aliphatic rings. The van der Waals surface area contributed by atoms with Crippen molar-refractivity contribution in [3.8, 4) is 11.1 Å². The summed E-state index contributed by atoms with van der Waals surface area (Å²) in [7, 11) is 0. The molecule has 0 unspecified atom stereocenters. The van der Waals surface area contributed by atoms with Crippen molar-refractivity contribution in [3.63, 3.8) is 0 Å². The quantitative estimate of drug-likeness (QED) is 0.236. The largest absolute Gasteiger partial charge is 0.454 e. The number of nitrogens with one attached hydrogen (secondary N) is 1. The maximum atomic E-state index is 6.52. The molecule has 0 amide bonds. The van der Waals surface area contributed by atoms with Crippen LogP contribution in [0.4, 0.5) is 11.4 Å². The van der Waals surface area contributed by atoms with Crippen LogP contribution in [0.5, 0.6) is 0 Å². The van der Waals surface area contributed by atoms with Crippen LogP contribution >= 0.6 is 0 Å². The number of fused-ring (bicyclic) bond motifs is 8. The van der Waals surface area contributed by atoms with Crippen LogP contribution in [0.25, 0.3) is 43.8 Å². The average molecular weight is 550 g/mol. The van der Waals surface area contributed by atoms with E-state index in [1.54, 1.807) is 0 Å². The molecule has 1 aliphatic carbocycles. The van der Waals surface area contributed by atoms with E-state index in [0.29, 0.717) is 0 Å². The van der Waals surface area contributed by atoms with Gasteiger partial charge in [0, 0.05) is 16.5 Å². The van der Waals surface area contributed by atoms with Crippen molar-refractivity contribution in [1.82, 2.24) is 0 Å². The molecular formula is C41H27NO. The summed E-state index contributed by atoms with van der Waals surface area (Å²) in [6.45, 7) is 0. The highest BCUT2D eigenvalue weighted by Crippen LogP contribution is 2.56. The van der Waals surface area contributed by atoms with Crippen LogP contribution in [0.1, 0.15) is 22.3 Å². The number of furan rings is 1. The molecule has 0 atom stereocenters. The predicted octanol–water partition coefficient (Wildman–Crippen LogP) is 10.8. The second-order valence-electron chi connectivity index (χ2n) is 11.4. The van der Waals surface area contributed by atoms with Gasteiger partial charge in [-0.15, -0.1) is 0 Å². The van der Waals surface area contributed by atoms with E-state index >= 15 is 0 Å². The van der Waals surface area contributed by atoms with Crippen molar-refractivity contribution in [1.29, 1.82) is 0 Å². The Morgan fingerprint density at radius 2 is 1.16 bits per heavy atom. The second-order valence-corrected chi connectivity index (χ2v) is 11.4. The minimum absolute atomic E-state index is 0.434. The van der Waals surface area contributed by atoms with Crippen LogP contribution in [0.2, 0.25) is 0 Å². The zero-order valence-corrected chi connectivity index (χ0v) is 23.4. The Balaban J connectivity index is 1.26. The van der Waals surface area contributed by atoms with E-state index in [0.717, 1.165) is 33.3 Å². The molecule has 9 rings (SSSR count). The van der Waals surface area contributed by atoms with Crippen molar-refractivity contribution in [3.05, 3.63) is 180 Å². The van der Waals surface area contributed by atoms with Crippen molar-refractivity contribution >= 4 is 44.1 Å². The molecule has 0 aliphatic heterocycles. The summed E-state index contributed by atoms with van der Waals surface area (Å²) in [5.41, 5.74) is 11.0. The molecule has 0 saturated heterocycles. The van der Waals surface area contributed by atoms with Gasteiger partial charge in [0.2, 0.25) is 0 Å². The van der Waals surface area contributed by atoms with Crippen LogP contribution in [-0.2, 0) is 5.41 Å². The summed E-state index contributed by atoms with van der Waals surface area (Å²) in [6, 6.07) is 56.6. The summed E-state index contributed by atoms with van der Waals surface area (Å²) in [6.07, 6.45) is 0. The van der Waals surface area contributed by atoms with Crippen LogP contribution in [-0.4, -0.2) is 0 Å². The van der Waals surface area contributed by atoms with Gasteiger partial charge in [0.05, 0.1) is 11.1 Å². The average Bonchev–Trinajstić information content (AvgIpc) is 3.60. The van der Waals surface area contributed by atoms with E-state index in [2.05, 4.69) is 163 Å². The molecular weight excluding hydrogens is 522 g/mol. The molecule has 1 heterocycles. The Hall–Kier alpha value is -5.60. The normalized spacial score (nSPS) is 13.3. The highest BCUT2D eigenvalue weighted by molar-refractivity contribution is 6.20. The lowest BCUT2D eigenvalue weighted by molar-refractivity contribution is 0.670. The fraction of sp³-hybridized carbons (Fsp3) is 0.0244. The van der Waals surface area contributed by atoms with E-state index < -0.39 is 5.41 Å². The lowest BCUT2D eigenvalue weighted by Gasteiger charge is -2.34. The Morgan fingerprint density at radius 1 is 0.488 bits per heavy atom. The van der Waals surface area contributed by atoms with Crippen molar-refractivity contribution in [2.45, 2.75) is 5.41 Å². The van der Waals surface area contributed by atoms with Gasteiger partial charge in [-0.05, 0) is 68.4 Å². The highest BCUT2D eigenvalue weighted by atomic mass is 16.3. The molecule has 1 aromatic heterocycles. The predicted molar refractivity (Wildman–Crippen MR) is 178 cm³/mol. The van der Waals surface area contributed by atoms with Gasteiger partial charge in [-0.25, -0.2) is 0 Å². The fourth-order valence-electron chi connectivity index (χ4n) is 7.34. The number of anilines is 2. The molecule has 2 nitrogen and oxygen atoms in total. The number of rotatable bonds is 4. The summed E-state index contributed by atoms with van der Waals surface area (Å²) in [5, 5.41) is 8.46. The molecule has 8 aromatic rings. The third kappa shape index (κ3) is 3.41. The lowest BCUT2D eigenvalue weighted by atomic mass is 9.67. The molecule has 2 heteroatoms. The van der Waals surface area contributed by atoms with E-state index in [1.165, 1.54) is 44.2 Å². The highest BCUT2D eigenvalue weighted by Gasteiger charge is 2.46. The zero-order valence-electron chi connectivity index (χ0n) is 23.4. The molecule has 1 N–H and O–H groups in total. The van der Waals surface area contributed by atoms with E-state index in [1.807, 2.05) is 0 Å². The van der Waals surface area contributed by atoms with Gasteiger partial charge >= 0.3 is 0 Å². The SMILES string of the molecule is c1ccc(C2(c3ccccc3)c3ccccc3-c3ccc(Nc4cccc5c4oc4ccc6ccccc6c45)cc32)cc1. The Labute approximate surface area is 249 Å². The molecule has 43 heavy (non-hydrogen) atoms. The molecule has 202 valence electrons. The Kier molecular flexibility index (Phi) is 5.15. The molecule has 0 radical (unpaired) electrons. The van der Waals surface area contributed by atoms with Crippen molar-refractivity contribution in [2.75, 3.05) is 5.32 Å². The second kappa shape index (κ2) is 9.20. The van der Waals surface area contributed by atoms with Crippen LogP contribution < -0.4 is 5.32 Å². The van der Waals surface area contributed by atoms with Crippen LogP contribution in [0, 0.1) is 0 Å². The summed E-state index contributed by atoms with van der Waals surface area (Å²) in [4.78, 5) is 0. The van der Waals surface area contributed by atoms with Gasteiger partial charge in [-0.1, -0.05) is 133 Å². The fourth-order valence-corrected chi connectivity index (χ4v) is 7.34. The number of para-hydroxylation sites is 1. The third-order valence-electron chi connectivity index (χ3n) is 9.12.